The summed E-state index contributed by atoms with van der Waals surface area (Å²) >= 11 is 0. The molecule has 0 unspecified atom stereocenters. The molecule has 0 amide bonds. The van der Waals surface area contributed by atoms with Gasteiger partial charge in [-0.3, -0.25) is 15.3 Å². The molecule has 1 aromatic heterocycles. The fraction of sp³-hybridized carbons (Fsp3) is 0.455. The SMILES string of the molecule is CCN(CC)Cc1cccnc1C(=N)N. The Kier molecular flexibility index (Phi) is 4.24. The van der Waals surface area contributed by atoms with Crippen LogP contribution in [0.15, 0.2) is 18.3 Å². The Labute approximate surface area is 90.6 Å². The molecule has 0 bridgehead atoms. The first kappa shape index (κ1) is 11.7. The van der Waals surface area contributed by atoms with Crippen LogP contribution in [-0.2, 0) is 6.54 Å². The average Bonchev–Trinajstić information content (AvgIpc) is 2.26. The lowest BCUT2D eigenvalue weighted by atomic mass is 10.1. The Morgan fingerprint density at radius 3 is 2.67 bits per heavy atom. The summed E-state index contributed by atoms with van der Waals surface area (Å²) in [7, 11) is 0. The molecule has 1 rings (SSSR count). The van der Waals surface area contributed by atoms with Crippen molar-refractivity contribution in [1.82, 2.24) is 9.88 Å². The highest BCUT2D eigenvalue weighted by Crippen LogP contribution is 2.08. The van der Waals surface area contributed by atoms with E-state index in [0.29, 0.717) is 5.69 Å². The topological polar surface area (TPSA) is 66.0 Å². The third-order valence-corrected chi connectivity index (χ3v) is 2.43. The molecule has 0 saturated heterocycles. The highest BCUT2D eigenvalue weighted by Gasteiger charge is 2.08. The highest BCUT2D eigenvalue weighted by molar-refractivity contribution is 5.94. The van der Waals surface area contributed by atoms with Gasteiger partial charge in [-0.05, 0) is 24.7 Å². The number of hydrogen-bond donors (Lipinski definition) is 2. The fourth-order valence-corrected chi connectivity index (χ4v) is 1.50. The van der Waals surface area contributed by atoms with Gasteiger partial charge in [0.2, 0.25) is 0 Å². The monoisotopic (exact) mass is 206 g/mol. The number of pyridine rings is 1. The summed E-state index contributed by atoms with van der Waals surface area (Å²) < 4.78 is 0. The number of hydrogen-bond acceptors (Lipinski definition) is 3. The Bertz CT molecular complexity index is 331. The number of rotatable bonds is 5. The van der Waals surface area contributed by atoms with E-state index in [9.17, 15) is 0 Å². The van der Waals surface area contributed by atoms with Crippen LogP contribution < -0.4 is 5.73 Å². The van der Waals surface area contributed by atoms with Gasteiger partial charge in [0.05, 0.1) is 0 Å². The lowest BCUT2D eigenvalue weighted by Gasteiger charge is -2.19. The van der Waals surface area contributed by atoms with Gasteiger partial charge in [0.1, 0.15) is 11.5 Å². The van der Waals surface area contributed by atoms with Gasteiger partial charge < -0.3 is 5.73 Å². The van der Waals surface area contributed by atoms with E-state index in [-0.39, 0.29) is 5.84 Å². The van der Waals surface area contributed by atoms with Gasteiger partial charge in [-0.15, -0.1) is 0 Å². The number of amidine groups is 1. The van der Waals surface area contributed by atoms with Crippen LogP contribution in [0, 0.1) is 5.41 Å². The zero-order valence-corrected chi connectivity index (χ0v) is 9.33. The molecule has 4 heteroatoms. The van der Waals surface area contributed by atoms with Crippen LogP contribution in [0.3, 0.4) is 0 Å². The third-order valence-electron chi connectivity index (χ3n) is 2.43. The number of nitrogens with zero attached hydrogens (tertiary/aromatic N) is 2. The van der Waals surface area contributed by atoms with E-state index in [1.807, 2.05) is 12.1 Å². The summed E-state index contributed by atoms with van der Waals surface area (Å²) in [4.78, 5) is 6.39. The van der Waals surface area contributed by atoms with Crippen molar-refractivity contribution >= 4 is 5.84 Å². The molecular weight excluding hydrogens is 188 g/mol. The molecular formula is C11H18N4. The minimum Gasteiger partial charge on any atom is -0.382 e. The van der Waals surface area contributed by atoms with E-state index in [1.165, 1.54) is 0 Å². The molecule has 0 aliphatic heterocycles. The molecule has 0 spiro atoms. The van der Waals surface area contributed by atoms with Crippen LogP contribution in [0.5, 0.6) is 0 Å². The first-order valence-electron chi connectivity index (χ1n) is 5.19. The predicted octanol–water partition coefficient (Wildman–Crippen LogP) is 1.21. The summed E-state index contributed by atoms with van der Waals surface area (Å²) in [5.41, 5.74) is 7.10. The fourth-order valence-electron chi connectivity index (χ4n) is 1.50. The molecule has 0 aromatic carbocycles. The number of nitrogens with two attached hydrogens (primary N) is 1. The van der Waals surface area contributed by atoms with Gasteiger partial charge >= 0.3 is 0 Å². The minimum atomic E-state index is 0.0396. The second kappa shape index (κ2) is 5.46. The maximum atomic E-state index is 7.43. The smallest absolute Gasteiger partial charge is 0.142 e. The first-order chi connectivity index (χ1) is 7.19. The van der Waals surface area contributed by atoms with Crippen LogP contribution in [0.4, 0.5) is 0 Å². The van der Waals surface area contributed by atoms with Crippen molar-refractivity contribution in [2.45, 2.75) is 20.4 Å². The van der Waals surface area contributed by atoms with Crippen LogP contribution in [0.25, 0.3) is 0 Å². The molecule has 15 heavy (non-hydrogen) atoms. The van der Waals surface area contributed by atoms with E-state index < -0.39 is 0 Å². The average molecular weight is 206 g/mol. The summed E-state index contributed by atoms with van der Waals surface area (Å²) in [5, 5.41) is 7.43. The lowest BCUT2D eigenvalue weighted by Crippen LogP contribution is -2.25. The third kappa shape index (κ3) is 3.02. The second-order valence-electron chi connectivity index (χ2n) is 3.39. The van der Waals surface area contributed by atoms with E-state index in [0.717, 1.165) is 25.2 Å². The van der Waals surface area contributed by atoms with E-state index >= 15 is 0 Å². The van der Waals surface area contributed by atoms with Crippen LogP contribution in [0.2, 0.25) is 0 Å². The molecule has 0 fully saturated rings. The molecule has 0 aliphatic rings. The Hall–Kier alpha value is -1.42. The lowest BCUT2D eigenvalue weighted by molar-refractivity contribution is 0.295. The van der Waals surface area contributed by atoms with E-state index in [1.54, 1.807) is 6.20 Å². The summed E-state index contributed by atoms with van der Waals surface area (Å²) in [6, 6.07) is 3.85. The number of nitrogen functional groups attached to an aromatic ring is 1. The molecule has 1 aromatic rings. The zero-order chi connectivity index (χ0) is 11.3. The molecule has 3 N–H and O–H groups in total. The van der Waals surface area contributed by atoms with Crippen LogP contribution in [0.1, 0.15) is 25.1 Å². The van der Waals surface area contributed by atoms with Crippen molar-refractivity contribution in [3.63, 3.8) is 0 Å². The van der Waals surface area contributed by atoms with Gasteiger partial charge in [-0.2, -0.15) is 0 Å². The quantitative estimate of drug-likeness (QED) is 0.562. The van der Waals surface area contributed by atoms with Crippen molar-refractivity contribution < 1.29 is 0 Å². The van der Waals surface area contributed by atoms with Crippen molar-refractivity contribution in [2.75, 3.05) is 13.1 Å². The van der Waals surface area contributed by atoms with E-state index in [4.69, 9.17) is 11.1 Å². The van der Waals surface area contributed by atoms with Crippen molar-refractivity contribution in [1.29, 1.82) is 5.41 Å². The molecule has 0 atom stereocenters. The predicted molar refractivity (Wildman–Crippen MR) is 61.9 cm³/mol. The molecule has 82 valence electrons. The van der Waals surface area contributed by atoms with E-state index in [2.05, 4.69) is 23.7 Å². The molecule has 0 saturated carbocycles. The van der Waals surface area contributed by atoms with Crippen LogP contribution in [-0.4, -0.2) is 28.8 Å². The Morgan fingerprint density at radius 1 is 1.47 bits per heavy atom. The second-order valence-corrected chi connectivity index (χ2v) is 3.39. The molecule has 0 radical (unpaired) electrons. The van der Waals surface area contributed by atoms with Crippen molar-refractivity contribution in [2.24, 2.45) is 5.73 Å². The molecule has 0 aliphatic carbocycles. The highest BCUT2D eigenvalue weighted by atomic mass is 15.1. The van der Waals surface area contributed by atoms with Crippen molar-refractivity contribution in [3.8, 4) is 0 Å². The summed E-state index contributed by atoms with van der Waals surface area (Å²) in [6.07, 6.45) is 1.67. The van der Waals surface area contributed by atoms with Gasteiger partial charge in [0.15, 0.2) is 0 Å². The Morgan fingerprint density at radius 2 is 2.13 bits per heavy atom. The van der Waals surface area contributed by atoms with Gasteiger partial charge in [0.25, 0.3) is 0 Å². The van der Waals surface area contributed by atoms with Gasteiger partial charge in [-0.1, -0.05) is 19.9 Å². The number of nitrogens with one attached hydrogen (secondary N) is 1. The maximum Gasteiger partial charge on any atom is 0.142 e. The maximum absolute atomic E-state index is 7.43. The molecule has 1 heterocycles. The van der Waals surface area contributed by atoms with Crippen LogP contribution >= 0.6 is 0 Å². The van der Waals surface area contributed by atoms with Gasteiger partial charge in [-0.25, -0.2) is 0 Å². The number of aromatic nitrogens is 1. The normalized spacial score (nSPS) is 10.6. The standard InChI is InChI=1S/C11H18N4/c1-3-15(4-2)8-9-6-5-7-14-10(9)11(12)13/h5-7H,3-4,8H2,1-2H3,(H3,12,13). The summed E-state index contributed by atoms with van der Waals surface area (Å²) in [5.74, 6) is 0.0396. The minimum absolute atomic E-state index is 0.0396. The summed E-state index contributed by atoms with van der Waals surface area (Å²) in [6.45, 7) is 7.02. The van der Waals surface area contributed by atoms with Gasteiger partial charge in [0, 0.05) is 12.7 Å². The first-order valence-corrected chi connectivity index (χ1v) is 5.19. The zero-order valence-electron chi connectivity index (χ0n) is 9.33. The van der Waals surface area contributed by atoms with Crippen molar-refractivity contribution in [3.05, 3.63) is 29.6 Å². The Balaban J connectivity index is 2.88. The largest absolute Gasteiger partial charge is 0.382 e. The molecule has 4 nitrogen and oxygen atoms in total.